The van der Waals surface area contributed by atoms with E-state index in [9.17, 15) is 14.9 Å². The van der Waals surface area contributed by atoms with Crippen LogP contribution in [0.5, 0.6) is 5.75 Å². The molecule has 1 amide bonds. The molecule has 3 aromatic rings. The van der Waals surface area contributed by atoms with Gasteiger partial charge in [-0.15, -0.1) is 0 Å². The highest BCUT2D eigenvalue weighted by Crippen LogP contribution is 2.26. The van der Waals surface area contributed by atoms with E-state index in [0.717, 1.165) is 12.0 Å². The van der Waals surface area contributed by atoms with Crippen LogP contribution < -0.4 is 10.1 Å². The number of nitrogens with zero attached hydrogens (tertiary/aromatic N) is 1. The first-order valence-corrected chi connectivity index (χ1v) is 8.86. The Hall–Kier alpha value is -3.67. The lowest BCUT2D eigenvalue weighted by atomic mass is 10.1. The number of benzene rings is 3. The second-order valence-electron chi connectivity index (χ2n) is 6.34. The van der Waals surface area contributed by atoms with Gasteiger partial charge in [0, 0.05) is 18.1 Å². The van der Waals surface area contributed by atoms with Crippen LogP contribution in [-0.4, -0.2) is 17.4 Å². The Labute approximate surface area is 162 Å². The molecule has 28 heavy (non-hydrogen) atoms. The number of nitro groups is 1. The van der Waals surface area contributed by atoms with Crippen molar-refractivity contribution in [1.29, 1.82) is 0 Å². The van der Waals surface area contributed by atoms with Gasteiger partial charge in [0.25, 0.3) is 11.6 Å². The summed E-state index contributed by atoms with van der Waals surface area (Å²) in [7, 11) is 0. The summed E-state index contributed by atoms with van der Waals surface area (Å²) < 4.78 is 5.74. The van der Waals surface area contributed by atoms with Gasteiger partial charge in [0.2, 0.25) is 0 Å². The van der Waals surface area contributed by atoms with E-state index in [4.69, 9.17) is 4.74 Å². The number of rotatable bonds is 7. The lowest BCUT2D eigenvalue weighted by Gasteiger charge is -2.09. The average Bonchev–Trinajstić information content (AvgIpc) is 2.70. The number of carbonyl (C=O) groups excluding carboxylic acids is 1. The molecule has 0 aliphatic heterocycles. The number of amides is 1. The second kappa shape index (κ2) is 8.81. The SMILES string of the molecule is Cc1ccc(NC(=O)c2cccc(OCCc3ccccc3)c2)c([N+](=O)[O-])c1. The average molecular weight is 376 g/mol. The Morgan fingerprint density at radius 2 is 1.82 bits per heavy atom. The minimum atomic E-state index is -0.508. The highest BCUT2D eigenvalue weighted by Gasteiger charge is 2.17. The standard InChI is InChI=1S/C22H20N2O4/c1-16-10-11-20(21(14-16)24(26)27)23-22(25)18-8-5-9-19(15-18)28-13-12-17-6-3-2-4-7-17/h2-11,14-15H,12-13H2,1H3,(H,23,25). The lowest BCUT2D eigenvalue weighted by Crippen LogP contribution is -2.13. The van der Waals surface area contributed by atoms with E-state index in [2.05, 4.69) is 5.32 Å². The quantitative estimate of drug-likeness (QED) is 0.475. The van der Waals surface area contributed by atoms with Crippen LogP contribution in [0.3, 0.4) is 0 Å². The van der Waals surface area contributed by atoms with Crippen LogP contribution in [0.25, 0.3) is 0 Å². The van der Waals surface area contributed by atoms with Gasteiger partial charge >= 0.3 is 0 Å². The summed E-state index contributed by atoms with van der Waals surface area (Å²) in [6.07, 6.45) is 0.757. The van der Waals surface area contributed by atoms with Crippen LogP contribution in [0.15, 0.2) is 72.8 Å². The summed E-state index contributed by atoms with van der Waals surface area (Å²) in [6.45, 7) is 2.24. The summed E-state index contributed by atoms with van der Waals surface area (Å²) in [5.74, 6) is 0.141. The van der Waals surface area contributed by atoms with Crippen LogP contribution in [0.1, 0.15) is 21.5 Å². The van der Waals surface area contributed by atoms with Gasteiger partial charge in [-0.3, -0.25) is 14.9 Å². The fourth-order valence-electron chi connectivity index (χ4n) is 2.75. The van der Waals surface area contributed by atoms with Gasteiger partial charge in [0.05, 0.1) is 11.5 Å². The van der Waals surface area contributed by atoms with Crippen LogP contribution in [0.2, 0.25) is 0 Å². The molecule has 0 aliphatic carbocycles. The first-order chi connectivity index (χ1) is 13.5. The molecule has 0 spiro atoms. The largest absolute Gasteiger partial charge is 0.493 e. The molecule has 0 heterocycles. The van der Waals surface area contributed by atoms with Gasteiger partial charge in [-0.25, -0.2) is 0 Å². The van der Waals surface area contributed by atoms with E-state index < -0.39 is 10.8 Å². The fraction of sp³-hybridized carbons (Fsp3) is 0.136. The summed E-state index contributed by atoms with van der Waals surface area (Å²) in [6, 6.07) is 21.4. The highest BCUT2D eigenvalue weighted by molar-refractivity contribution is 6.05. The van der Waals surface area contributed by atoms with E-state index >= 15 is 0 Å². The minimum Gasteiger partial charge on any atom is -0.493 e. The summed E-state index contributed by atoms with van der Waals surface area (Å²) in [5.41, 5.74) is 2.31. The molecule has 0 fully saturated rings. The molecule has 6 nitrogen and oxygen atoms in total. The number of carbonyl (C=O) groups is 1. The fourth-order valence-corrected chi connectivity index (χ4v) is 2.75. The molecule has 0 atom stereocenters. The lowest BCUT2D eigenvalue weighted by molar-refractivity contribution is -0.384. The Morgan fingerprint density at radius 1 is 1.04 bits per heavy atom. The van der Waals surface area contributed by atoms with Crippen molar-refractivity contribution in [3.63, 3.8) is 0 Å². The summed E-state index contributed by atoms with van der Waals surface area (Å²) in [4.78, 5) is 23.2. The predicted octanol–water partition coefficient (Wildman–Crippen LogP) is 4.78. The van der Waals surface area contributed by atoms with Gasteiger partial charge < -0.3 is 10.1 Å². The molecular weight excluding hydrogens is 356 g/mol. The van der Waals surface area contributed by atoms with E-state index in [1.807, 2.05) is 30.3 Å². The third-order valence-electron chi connectivity index (χ3n) is 4.20. The Kier molecular flexibility index (Phi) is 6.01. The molecule has 142 valence electrons. The normalized spacial score (nSPS) is 10.3. The summed E-state index contributed by atoms with van der Waals surface area (Å²) in [5, 5.41) is 13.8. The van der Waals surface area contributed by atoms with E-state index in [-0.39, 0.29) is 11.4 Å². The Bertz CT molecular complexity index is 987. The molecule has 3 rings (SSSR count). The highest BCUT2D eigenvalue weighted by atomic mass is 16.6. The van der Waals surface area contributed by atoms with Crippen LogP contribution in [0, 0.1) is 17.0 Å². The zero-order valence-corrected chi connectivity index (χ0v) is 15.4. The molecular formula is C22H20N2O4. The molecule has 0 saturated carbocycles. The van der Waals surface area contributed by atoms with Gasteiger partial charge in [-0.1, -0.05) is 42.5 Å². The number of hydrogen-bond donors (Lipinski definition) is 1. The minimum absolute atomic E-state index is 0.136. The van der Waals surface area contributed by atoms with E-state index in [0.29, 0.717) is 17.9 Å². The van der Waals surface area contributed by atoms with Gasteiger partial charge in [0.15, 0.2) is 0 Å². The maximum atomic E-state index is 12.5. The predicted molar refractivity (Wildman–Crippen MR) is 108 cm³/mol. The maximum absolute atomic E-state index is 12.5. The van der Waals surface area contributed by atoms with Crippen molar-refractivity contribution in [2.45, 2.75) is 13.3 Å². The van der Waals surface area contributed by atoms with Gasteiger partial charge in [-0.05, 0) is 42.3 Å². The molecule has 6 heteroatoms. The number of nitro benzene ring substituents is 1. The first kappa shape index (κ1) is 19.1. The summed E-state index contributed by atoms with van der Waals surface area (Å²) >= 11 is 0. The van der Waals surface area contributed by atoms with Gasteiger partial charge in [0.1, 0.15) is 11.4 Å². The Morgan fingerprint density at radius 3 is 2.57 bits per heavy atom. The zero-order valence-electron chi connectivity index (χ0n) is 15.4. The molecule has 0 bridgehead atoms. The van der Waals surface area contributed by atoms with Crippen LogP contribution >= 0.6 is 0 Å². The molecule has 3 aromatic carbocycles. The molecule has 0 aromatic heterocycles. The van der Waals surface area contributed by atoms with Gasteiger partial charge in [-0.2, -0.15) is 0 Å². The topological polar surface area (TPSA) is 81.5 Å². The third-order valence-corrected chi connectivity index (χ3v) is 4.20. The van der Waals surface area contributed by atoms with Crippen LogP contribution in [0.4, 0.5) is 11.4 Å². The molecule has 0 radical (unpaired) electrons. The van der Waals surface area contributed by atoms with Crippen molar-refractivity contribution >= 4 is 17.3 Å². The van der Waals surface area contributed by atoms with Crippen molar-refractivity contribution in [2.75, 3.05) is 11.9 Å². The van der Waals surface area contributed by atoms with Crippen LogP contribution in [-0.2, 0) is 6.42 Å². The zero-order chi connectivity index (χ0) is 19.9. The molecule has 1 N–H and O–H groups in total. The number of hydrogen-bond acceptors (Lipinski definition) is 4. The maximum Gasteiger partial charge on any atom is 0.293 e. The van der Waals surface area contributed by atoms with Crippen molar-refractivity contribution in [2.24, 2.45) is 0 Å². The second-order valence-corrected chi connectivity index (χ2v) is 6.34. The van der Waals surface area contributed by atoms with E-state index in [1.54, 1.807) is 37.3 Å². The van der Waals surface area contributed by atoms with Crippen molar-refractivity contribution in [3.05, 3.63) is 99.6 Å². The third kappa shape index (κ3) is 4.94. The van der Waals surface area contributed by atoms with E-state index in [1.165, 1.54) is 17.7 Å². The molecule has 0 aliphatic rings. The van der Waals surface area contributed by atoms with Crippen molar-refractivity contribution < 1.29 is 14.5 Å². The number of nitrogens with one attached hydrogen (secondary N) is 1. The van der Waals surface area contributed by atoms with Crippen molar-refractivity contribution in [3.8, 4) is 5.75 Å². The first-order valence-electron chi connectivity index (χ1n) is 8.86. The Balaban J connectivity index is 1.66. The number of aryl methyl sites for hydroxylation is 1. The number of anilines is 1. The molecule has 0 unspecified atom stereocenters. The smallest absolute Gasteiger partial charge is 0.293 e. The van der Waals surface area contributed by atoms with Crippen molar-refractivity contribution in [1.82, 2.24) is 0 Å². The monoisotopic (exact) mass is 376 g/mol. The molecule has 0 saturated heterocycles. The number of ether oxygens (including phenoxy) is 1.